The first-order chi connectivity index (χ1) is 7.30. The summed E-state index contributed by atoms with van der Waals surface area (Å²) in [6, 6.07) is 7.23. The molecular weight excluding hydrogens is 224 g/mol. The number of carbonyl (C=O) groups is 1. The lowest BCUT2D eigenvalue weighted by atomic mass is 9.82. The SMILES string of the molecule is CC(C)(C)/C(=C\C(=O)O)c1cccc(Cl)c1. The van der Waals surface area contributed by atoms with E-state index >= 15 is 0 Å². The van der Waals surface area contributed by atoms with Crippen molar-refractivity contribution in [3.05, 3.63) is 40.9 Å². The van der Waals surface area contributed by atoms with Crippen molar-refractivity contribution < 1.29 is 9.90 Å². The maximum atomic E-state index is 10.8. The van der Waals surface area contributed by atoms with Crippen LogP contribution in [0, 0.1) is 5.41 Å². The van der Waals surface area contributed by atoms with Gasteiger partial charge in [0.2, 0.25) is 0 Å². The van der Waals surface area contributed by atoms with Gasteiger partial charge < -0.3 is 5.11 Å². The van der Waals surface area contributed by atoms with E-state index < -0.39 is 5.97 Å². The van der Waals surface area contributed by atoms with Crippen LogP contribution in [0.2, 0.25) is 5.02 Å². The van der Waals surface area contributed by atoms with Crippen molar-refractivity contribution in [3.63, 3.8) is 0 Å². The van der Waals surface area contributed by atoms with Crippen LogP contribution in [0.15, 0.2) is 30.3 Å². The lowest BCUT2D eigenvalue weighted by molar-refractivity contribution is -0.131. The van der Waals surface area contributed by atoms with Gasteiger partial charge in [0, 0.05) is 11.1 Å². The van der Waals surface area contributed by atoms with Crippen molar-refractivity contribution in [2.45, 2.75) is 20.8 Å². The van der Waals surface area contributed by atoms with Crippen molar-refractivity contribution >= 4 is 23.1 Å². The Bertz CT molecular complexity index is 428. The molecule has 0 saturated heterocycles. The zero-order valence-electron chi connectivity index (χ0n) is 9.62. The van der Waals surface area contributed by atoms with E-state index in [1.807, 2.05) is 32.9 Å². The monoisotopic (exact) mass is 238 g/mol. The Morgan fingerprint density at radius 3 is 2.44 bits per heavy atom. The second kappa shape index (κ2) is 4.71. The maximum absolute atomic E-state index is 10.8. The van der Waals surface area contributed by atoms with Gasteiger partial charge in [-0.05, 0) is 28.7 Å². The topological polar surface area (TPSA) is 37.3 Å². The first-order valence-corrected chi connectivity index (χ1v) is 5.39. The molecule has 0 fully saturated rings. The van der Waals surface area contributed by atoms with Crippen LogP contribution in [-0.2, 0) is 4.79 Å². The minimum Gasteiger partial charge on any atom is -0.478 e. The predicted molar refractivity (Wildman–Crippen MR) is 66.5 cm³/mol. The van der Waals surface area contributed by atoms with Gasteiger partial charge in [-0.3, -0.25) is 0 Å². The molecule has 0 unspecified atom stereocenters. The van der Waals surface area contributed by atoms with Crippen LogP contribution in [0.4, 0.5) is 0 Å². The zero-order valence-corrected chi connectivity index (χ0v) is 10.4. The lowest BCUT2D eigenvalue weighted by Gasteiger charge is -2.23. The summed E-state index contributed by atoms with van der Waals surface area (Å²) < 4.78 is 0. The summed E-state index contributed by atoms with van der Waals surface area (Å²) >= 11 is 5.90. The third-order valence-electron chi connectivity index (χ3n) is 2.21. The highest BCUT2D eigenvalue weighted by atomic mass is 35.5. The second-order valence-electron chi connectivity index (χ2n) is 4.66. The molecule has 1 aromatic rings. The molecule has 0 heterocycles. The van der Waals surface area contributed by atoms with Gasteiger partial charge in [0.05, 0.1) is 0 Å². The first-order valence-electron chi connectivity index (χ1n) is 5.02. The van der Waals surface area contributed by atoms with Crippen molar-refractivity contribution in [3.8, 4) is 0 Å². The average molecular weight is 239 g/mol. The Hall–Kier alpha value is -1.28. The van der Waals surface area contributed by atoms with Crippen LogP contribution in [0.5, 0.6) is 0 Å². The van der Waals surface area contributed by atoms with Gasteiger partial charge in [0.15, 0.2) is 0 Å². The Morgan fingerprint density at radius 1 is 1.38 bits per heavy atom. The number of aliphatic carboxylic acids is 1. The fourth-order valence-corrected chi connectivity index (χ4v) is 1.70. The van der Waals surface area contributed by atoms with Crippen LogP contribution < -0.4 is 0 Å². The molecule has 0 amide bonds. The number of carboxylic acid groups (broad SMARTS) is 1. The molecule has 0 atom stereocenters. The number of rotatable bonds is 2. The Labute approximate surface area is 101 Å². The van der Waals surface area contributed by atoms with Crippen molar-refractivity contribution in [2.75, 3.05) is 0 Å². The molecule has 0 aliphatic carbocycles. The number of halogens is 1. The van der Waals surface area contributed by atoms with Crippen LogP contribution in [0.25, 0.3) is 5.57 Å². The van der Waals surface area contributed by atoms with Crippen LogP contribution in [-0.4, -0.2) is 11.1 Å². The van der Waals surface area contributed by atoms with Gasteiger partial charge in [-0.1, -0.05) is 44.5 Å². The highest BCUT2D eigenvalue weighted by Crippen LogP contribution is 2.34. The molecule has 1 N–H and O–H groups in total. The van der Waals surface area contributed by atoms with E-state index in [-0.39, 0.29) is 5.41 Å². The zero-order chi connectivity index (χ0) is 12.3. The van der Waals surface area contributed by atoms with Gasteiger partial charge in [0.25, 0.3) is 0 Å². The van der Waals surface area contributed by atoms with E-state index in [9.17, 15) is 4.79 Å². The van der Waals surface area contributed by atoms with Gasteiger partial charge in [-0.25, -0.2) is 4.79 Å². The van der Waals surface area contributed by atoms with E-state index in [0.717, 1.165) is 11.1 Å². The summed E-state index contributed by atoms with van der Waals surface area (Å²) in [4.78, 5) is 10.8. The fourth-order valence-electron chi connectivity index (χ4n) is 1.51. The maximum Gasteiger partial charge on any atom is 0.328 e. The number of allylic oxidation sites excluding steroid dienone is 1. The molecule has 0 bridgehead atoms. The molecular formula is C13H15ClO2. The summed E-state index contributed by atoms with van der Waals surface area (Å²) in [6.45, 7) is 5.92. The van der Waals surface area contributed by atoms with Crippen LogP contribution >= 0.6 is 11.6 Å². The van der Waals surface area contributed by atoms with E-state index in [1.54, 1.807) is 12.1 Å². The molecule has 3 heteroatoms. The summed E-state index contributed by atoms with van der Waals surface area (Å²) in [5.41, 5.74) is 1.38. The molecule has 16 heavy (non-hydrogen) atoms. The van der Waals surface area contributed by atoms with E-state index in [2.05, 4.69) is 0 Å². The highest BCUT2D eigenvalue weighted by molar-refractivity contribution is 6.30. The predicted octanol–water partition coefficient (Wildman–Crippen LogP) is 3.85. The first kappa shape index (κ1) is 12.8. The van der Waals surface area contributed by atoms with Crippen molar-refractivity contribution in [2.24, 2.45) is 5.41 Å². The smallest absolute Gasteiger partial charge is 0.328 e. The standard InChI is InChI=1S/C13H15ClO2/c1-13(2,3)11(8-12(15)16)9-5-4-6-10(14)7-9/h4-8H,1-3H3,(H,15,16)/b11-8-. The molecule has 0 radical (unpaired) electrons. The molecule has 1 rings (SSSR count). The van der Waals surface area contributed by atoms with E-state index in [1.165, 1.54) is 6.08 Å². The molecule has 2 nitrogen and oxygen atoms in total. The Kier molecular flexibility index (Phi) is 3.76. The average Bonchev–Trinajstić information content (AvgIpc) is 2.12. The lowest BCUT2D eigenvalue weighted by Crippen LogP contribution is -2.10. The molecule has 0 spiro atoms. The van der Waals surface area contributed by atoms with E-state index in [0.29, 0.717) is 5.02 Å². The molecule has 86 valence electrons. The third-order valence-corrected chi connectivity index (χ3v) is 2.45. The van der Waals surface area contributed by atoms with Crippen molar-refractivity contribution in [1.29, 1.82) is 0 Å². The molecule has 1 aromatic carbocycles. The number of hydrogen-bond donors (Lipinski definition) is 1. The third kappa shape index (κ3) is 3.38. The highest BCUT2D eigenvalue weighted by Gasteiger charge is 2.20. The van der Waals surface area contributed by atoms with Gasteiger partial charge in [-0.15, -0.1) is 0 Å². The minimum absolute atomic E-state index is 0.233. The normalized spacial score (nSPS) is 12.6. The number of carboxylic acids is 1. The minimum atomic E-state index is -0.940. The van der Waals surface area contributed by atoms with Crippen molar-refractivity contribution in [1.82, 2.24) is 0 Å². The fraction of sp³-hybridized carbons (Fsp3) is 0.308. The Balaban J connectivity index is 3.28. The Morgan fingerprint density at radius 2 is 2.00 bits per heavy atom. The number of benzene rings is 1. The summed E-state index contributed by atoms with van der Waals surface area (Å²) in [5.74, 6) is -0.940. The molecule has 0 aliphatic heterocycles. The van der Waals surface area contributed by atoms with Crippen LogP contribution in [0.1, 0.15) is 26.3 Å². The summed E-state index contributed by atoms with van der Waals surface area (Å²) in [7, 11) is 0. The summed E-state index contributed by atoms with van der Waals surface area (Å²) in [6.07, 6.45) is 1.24. The van der Waals surface area contributed by atoms with Gasteiger partial charge in [0.1, 0.15) is 0 Å². The molecule has 0 aromatic heterocycles. The molecule has 0 aliphatic rings. The second-order valence-corrected chi connectivity index (χ2v) is 5.09. The largest absolute Gasteiger partial charge is 0.478 e. The van der Waals surface area contributed by atoms with Crippen LogP contribution in [0.3, 0.4) is 0 Å². The number of hydrogen-bond acceptors (Lipinski definition) is 1. The van der Waals surface area contributed by atoms with Gasteiger partial charge >= 0.3 is 5.97 Å². The molecule has 0 saturated carbocycles. The summed E-state index contributed by atoms with van der Waals surface area (Å²) in [5, 5.41) is 9.48. The quantitative estimate of drug-likeness (QED) is 0.795. The van der Waals surface area contributed by atoms with E-state index in [4.69, 9.17) is 16.7 Å². The van der Waals surface area contributed by atoms with Gasteiger partial charge in [-0.2, -0.15) is 0 Å².